The van der Waals surface area contributed by atoms with Gasteiger partial charge < -0.3 is 5.32 Å². The summed E-state index contributed by atoms with van der Waals surface area (Å²) in [6, 6.07) is 0.664. The molecule has 0 aromatic carbocycles. The molecule has 90 valence electrons. The Morgan fingerprint density at radius 3 is 2.88 bits per heavy atom. The number of thiazole rings is 1. The molecule has 1 heterocycles. The van der Waals surface area contributed by atoms with E-state index in [-0.39, 0.29) is 0 Å². The third kappa shape index (κ3) is 3.22. The Hall–Kier alpha value is -0.0600. The summed E-state index contributed by atoms with van der Waals surface area (Å²) in [6.07, 6.45) is 5.65. The zero-order valence-corrected chi connectivity index (χ0v) is 11.7. The average Bonchev–Trinajstić information content (AvgIpc) is 2.91. The fraction of sp³-hybridized carbons (Fsp3) is 0.750. The largest absolute Gasteiger partial charge is 0.316 e. The van der Waals surface area contributed by atoms with Crippen LogP contribution in [0.15, 0.2) is 9.72 Å². The Bertz CT molecular complexity index is 319. The molecule has 1 N–H and O–H groups in total. The first-order valence-corrected chi connectivity index (χ1v) is 7.88. The zero-order chi connectivity index (χ0) is 11.4. The number of nitrogens with zero attached hydrogens (tertiary/aromatic N) is 1. The van der Waals surface area contributed by atoms with Crippen LogP contribution in [0.1, 0.15) is 31.4 Å². The summed E-state index contributed by atoms with van der Waals surface area (Å²) in [4.78, 5) is 4.50. The van der Waals surface area contributed by atoms with Gasteiger partial charge in [0.1, 0.15) is 4.34 Å². The van der Waals surface area contributed by atoms with Crippen LogP contribution in [0.4, 0.5) is 0 Å². The predicted octanol–water partition coefficient (Wildman–Crippen LogP) is 3.32. The molecule has 16 heavy (non-hydrogen) atoms. The van der Waals surface area contributed by atoms with Crippen LogP contribution in [-0.2, 0) is 0 Å². The van der Waals surface area contributed by atoms with E-state index >= 15 is 0 Å². The van der Waals surface area contributed by atoms with Crippen LogP contribution < -0.4 is 5.32 Å². The van der Waals surface area contributed by atoms with Crippen LogP contribution >= 0.6 is 23.1 Å². The normalized spacial score (nSPS) is 19.1. The Morgan fingerprint density at radius 1 is 1.56 bits per heavy atom. The first-order chi connectivity index (χ1) is 7.79. The van der Waals surface area contributed by atoms with Gasteiger partial charge in [0.25, 0.3) is 0 Å². The molecular formula is C12H20N2S2. The van der Waals surface area contributed by atoms with E-state index in [4.69, 9.17) is 0 Å². The molecule has 1 aromatic heterocycles. The number of hydrogen-bond acceptors (Lipinski definition) is 4. The molecule has 2 nitrogen and oxygen atoms in total. The molecule has 1 saturated carbocycles. The van der Waals surface area contributed by atoms with Crippen molar-refractivity contribution < 1.29 is 0 Å². The van der Waals surface area contributed by atoms with Gasteiger partial charge in [-0.05, 0) is 32.7 Å². The van der Waals surface area contributed by atoms with Crippen LogP contribution in [0.2, 0.25) is 0 Å². The van der Waals surface area contributed by atoms with Crippen LogP contribution in [0.3, 0.4) is 0 Å². The lowest BCUT2D eigenvalue weighted by atomic mass is 10.0. The number of aromatic nitrogens is 1. The molecule has 0 bridgehead atoms. The fourth-order valence-corrected chi connectivity index (χ4v) is 4.49. The molecule has 1 unspecified atom stereocenters. The third-order valence-electron chi connectivity index (χ3n) is 3.32. The fourth-order valence-electron chi connectivity index (χ4n) is 2.37. The highest BCUT2D eigenvalue weighted by atomic mass is 32.2. The molecule has 4 heteroatoms. The second-order valence-corrected chi connectivity index (χ2v) is 6.63. The minimum atomic E-state index is 0.664. The monoisotopic (exact) mass is 256 g/mol. The maximum Gasteiger partial charge on any atom is 0.150 e. The maximum absolute atomic E-state index is 4.50. The first-order valence-electron chi connectivity index (χ1n) is 6.02. The van der Waals surface area contributed by atoms with Crippen LogP contribution in [0.5, 0.6) is 0 Å². The highest BCUT2D eigenvalue weighted by molar-refractivity contribution is 8.01. The van der Waals surface area contributed by atoms with Crippen LogP contribution in [-0.4, -0.2) is 23.8 Å². The van der Waals surface area contributed by atoms with E-state index in [1.54, 1.807) is 11.3 Å². The molecule has 0 radical (unpaired) electrons. The predicted molar refractivity (Wildman–Crippen MR) is 72.4 cm³/mol. The smallest absolute Gasteiger partial charge is 0.150 e. The molecule has 0 saturated heterocycles. The standard InChI is InChI=1S/C12H20N2S2/c1-9-7-15-12(14-9)16-8-11(13-2)10-5-3-4-6-10/h7,10-11,13H,3-6,8H2,1-2H3. The van der Waals surface area contributed by atoms with Crippen molar-refractivity contribution in [3.63, 3.8) is 0 Å². The quantitative estimate of drug-likeness (QED) is 0.818. The maximum atomic E-state index is 4.50. The van der Waals surface area contributed by atoms with Gasteiger partial charge in [0.05, 0.1) is 0 Å². The second kappa shape index (κ2) is 6.03. The molecule has 0 spiro atoms. The lowest BCUT2D eigenvalue weighted by molar-refractivity contribution is 0.410. The molecule has 2 rings (SSSR count). The van der Waals surface area contributed by atoms with Crippen molar-refractivity contribution in [1.29, 1.82) is 0 Å². The van der Waals surface area contributed by atoms with E-state index in [1.165, 1.54) is 30.0 Å². The summed E-state index contributed by atoms with van der Waals surface area (Å²) in [7, 11) is 2.09. The van der Waals surface area contributed by atoms with Gasteiger partial charge in [0.2, 0.25) is 0 Å². The van der Waals surface area contributed by atoms with Gasteiger partial charge in [-0.2, -0.15) is 0 Å². The molecule has 1 atom stereocenters. The van der Waals surface area contributed by atoms with Crippen molar-refractivity contribution in [3.8, 4) is 0 Å². The molecule has 1 aliphatic carbocycles. The molecule has 1 aliphatic rings. The van der Waals surface area contributed by atoms with E-state index < -0.39 is 0 Å². The topological polar surface area (TPSA) is 24.9 Å². The average molecular weight is 256 g/mol. The summed E-state index contributed by atoms with van der Waals surface area (Å²) in [6.45, 7) is 2.06. The highest BCUT2D eigenvalue weighted by Gasteiger charge is 2.23. The summed E-state index contributed by atoms with van der Waals surface area (Å²) in [5.41, 5.74) is 1.15. The number of rotatable bonds is 5. The van der Waals surface area contributed by atoms with E-state index in [2.05, 4.69) is 29.7 Å². The lowest BCUT2D eigenvalue weighted by Crippen LogP contribution is -2.34. The molecule has 0 aliphatic heterocycles. The van der Waals surface area contributed by atoms with Crippen molar-refractivity contribution in [1.82, 2.24) is 10.3 Å². The second-order valence-electron chi connectivity index (χ2n) is 4.51. The number of thioether (sulfide) groups is 1. The van der Waals surface area contributed by atoms with Gasteiger partial charge in [-0.15, -0.1) is 11.3 Å². The summed E-state index contributed by atoms with van der Waals surface area (Å²) in [5, 5.41) is 5.61. The SMILES string of the molecule is CNC(CSc1nc(C)cs1)C1CCCC1. The summed E-state index contributed by atoms with van der Waals surface area (Å²) < 4.78 is 1.22. The minimum Gasteiger partial charge on any atom is -0.316 e. The van der Waals surface area contributed by atoms with Crippen molar-refractivity contribution in [2.24, 2.45) is 5.92 Å². The molecule has 1 aromatic rings. The molecule has 0 amide bonds. The minimum absolute atomic E-state index is 0.664. The number of aryl methyl sites for hydroxylation is 1. The van der Waals surface area contributed by atoms with E-state index in [1.807, 2.05) is 11.8 Å². The van der Waals surface area contributed by atoms with Crippen molar-refractivity contribution in [2.45, 2.75) is 43.0 Å². The molecule has 1 fully saturated rings. The lowest BCUT2D eigenvalue weighted by Gasteiger charge is -2.21. The first kappa shape index (κ1) is 12.4. The Morgan fingerprint density at radius 2 is 2.31 bits per heavy atom. The van der Waals surface area contributed by atoms with Gasteiger partial charge >= 0.3 is 0 Å². The van der Waals surface area contributed by atoms with Gasteiger partial charge in [-0.25, -0.2) is 4.98 Å². The Labute approximate surface area is 106 Å². The van der Waals surface area contributed by atoms with Gasteiger partial charge in [0, 0.05) is 22.9 Å². The van der Waals surface area contributed by atoms with Crippen LogP contribution in [0, 0.1) is 12.8 Å². The van der Waals surface area contributed by atoms with Gasteiger partial charge in [-0.1, -0.05) is 24.6 Å². The number of hydrogen-bond donors (Lipinski definition) is 1. The molecular weight excluding hydrogens is 236 g/mol. The summed E-state index contributed by atoms with van der Waals surface area (Å²) >= 11 is 3.67. The van der Waals surface area contributed by atoms with Gasteiger partial charge in [-0.3, -0.25) is 0 Å². The number of nitrogens with one attached hydrogen (secondary N) is 1. The van der Waals surface area contributed by atoms with Crippen molar-refractivity contribution in [3.05, 3.63) is 11.1 Å². The van der Waals surface area contributed by atoms with Gasteiger partial charge in [0.15, 0.2) is 0 Å². The Balaban J connectivity index is 1.82. The third-order valence-corrected chi connectivity index (χ3v) is 5.58. The van der Waals surface area contributed by atoms with Crippen LogP contribution in [0.25, 0.3) is 0 Å². The van der Waals surface area contributed by atoms with E-state index in [0.29, 0.717) is 6.04 Å². The summed E-state index contributed by atoms with van der Waals surface area (Å²) in [5.74, 6) is 2.05. The van der Waals surface area contributed by atoms with E-state index in [9.17, 15) is 0 Å². The highest BCUT2D eigenvalue weighted by Crippen LogP contribution is 2.31. The van der Waals surface area contributed by atoms with Crippen molar-refractivity contribution in [2.75, 3.05) is 12.8 Å². The van der Waals surface area contributed by atoms with Crippen molar-refractivity contribution >= 4 is 23.1 Å². The zero-order valence-electron chi connectivity index (χ0n) is 10.0. The van der Waals surface area contributed by atoms with E-state index in [0.717, 1.165) is 17.4 Å². The Kier molecular flexibility index (Phi) is 4.67.